The normalized spacial score (nSPS) is 22.5. The van der Waals surface area contributed by atoms with Gasteiger partial charge in [0.15, 0.2) is 17.3 Å². The van der Waals surface area contributed by atoms with Gasteiger partial charge in [-0.05, 0) is 36.8 Å². The molecule has 2 amide bonds. The molecule has 0 unspecified atom stereocenters. The molecule has 152 valence electrons. The Labute approximate surface area is 168 Å². The second-order valence-corrected chi connectivity index (χ2v) is 7.78. The van der Waals surface area contributed by atoms with Crippen molar-refractivity contribution in [2.24, 2.45) is 0 Å². The fraction of sp³-hybridized carbons (Fsp3) is 0.429. The number of hydrogen-bond acceptors (Lipinski definition) is 6. The van der Waals surface area contributed by atoms with Crippen LogP contribution in [0.3, 0.4) is 0 Å². The first-order valence-corrected chi connectivity index (χ1v) is 9.86. The van der Waals surface area contributed by atoms with Gasteiger partial charge in [-0.3, -0.25) is 14.9 Å². The van der Waals surface area contributed by atoms with Gasteiger partial charge in [-0.2, -0.15) is 0 Å². The molecule has 0 saturated carbocycles. The standard InChI is InChI=1S/C21H23N3O5/c1-14-19(25)24(12-15-4-5-16-18(11-15)29-13-28-16)21(22-14)6-8-23(9-7-21)20(26)17-3-2-10-27-17/h2-5,10-11,14,22H,6-9,12-13H2,1H3/t14-/m0/s1. The average molecular weight is 397 g/mol. The van der Waals surface area contributed by atoms with Crippen LogP contribution in [0.15, 0.2) is 41.0 Å². The topological polar surface area (TPSA) is 84.2 Å². The SMILES string of the molecule is C[C@@H]1NC2(CCN(C(=O)c3ccco3)CC2)N(Cc2ccc3c(c2)OCO3)C1=O. The maximum atomic E-state index is 12.9. The van der Waals surface area contributed by atoms with Crippen LogP contribution in [-0.4, -0.2) is 53.2 Å². The zero-order valence-corrected chi connectivity index (χ0v) is 16.2. The largest absolute Gasteiger partial charge is 0.459 e. The summed E-state index contributed by atoms with van der Waals surface area (Å²) >= 11 is 0. The Balaban J connectivity index is 1.33. The maximum absolute atomic E-state index is 12.9. The second kappa shape index (κ2) is 6.81. The van der Waals surface area contributed by atoms with E-state index in [-0.39, 0.29) is 24.6 Å². The average Bonchev–Trinajstić information content (AvgIpc) is 3.46. The van der Waals surface area contributed by atoms with E-state index >= 15 is 0 Å². The number of amides is 2. The van der Waals surface area contributed by atoms with Crippen molar-refractivity contribution in [2.45, 2.75) is 38.0 Å². The highest BCUT2D eigenvalue weighted by molar-refractivity contribution is 5.91. The number of carbonyl (C=O) groups is 2. The first-order chi connectivity index (χ1) is 14.1. The number of carbonyl (C=O) groups excluding carboxylic acids is 2. The van der Waals surface area contributed by atoms with E-state index in [4.69, 9.17) is 13.9 Å². The molecule has 2 aromatic rings. The van der Waals surface area contributed by atoms with Crippen molar-refractivity contribution in [1.82, 2.24) is 15.1 Å². The number of hydrogen-bond donors (Lipinski definition) is 1. The predicted molar refractivity (Wildman–Crippen MR) is 102 cm³/mol. The quantitative estimate of drug-likeness (QED) is 0.853. The lowest BCUT2D eigenvalue weighted by Crippen LogP contribution is -2.59. The number of piperidine rings is 1. The zero-order chi connectivity index (χ0) is 20.0. The van der Waals surface area contributed by atoms with Gasteiger partial charge in [-0.1, -0.05) is 6.07 Å². The number of nitrogens with zero attached hydrogens (tertiary/aromatic N) is 2. The third-order valence-corrected chi connectivity index (χ3v) is 6.03. The van der Waals surface area contributed by atoms with E-state index in [0.717, 1.165) is 11.3 Å². The summed E-state index contributed by atoms with van der Waals surface area (Å²) in [7, 11) is 0. The molecule has 3 aliphatic rings. The minimum atomic E-state index is -0.452. The molecule has 29 heavy (non-hydrogen) atoms. The van der Waals surface area contributed by atoms with E-state index in [1.165, 1.54) is 6.26 Å². The molecule has 0 bridgehead atoms. The van der Waals surface area contributed by atoms with Crippen LogP contribution >= 0.6 is 0 Å². The third-order valence-electron chi connectivity index (χ3n) is 6.03. The van der Waals surface area contributed by atoms with Crippen molar-refractivity contribution in [3.05, 3.63) is 47.9 Å². The van der Waals surface area contributed by atoms with Crippen LogP contribution < -0.4 is 14.8 Å². The molecule has 4 heterocycles. The Bertz CT molecular complexity index is 934. The van der Waals surface area contributed by atoms with Gasteiger partial charge in [0, 0.05) is 32.5 Å². The van der Waals surface area contributed by atoms with Crippen molar-refractivity contribution in [1.29, 1.82) is 0 Å². The summed E-state index contributed by atoms with van der Waals surface area (Å²) < 4.78 is 16.1. The van der Waals surface area contributed by atoms with Gasteiger partial charge < -0.3 is 23.7 Å². The minimum Gasteiger partial charge on any atom is -0.459 e. The van der Waals surface area contributed by atoms with Gasteiger partial charge in [-0.15, -0.1) is 0 Å². The minimum absolute atomic E-state index is 0.0773. The first kappa shape index (κ1) is 18.1. The molecular weight excluding hydrogens is 374 g/mol. The molecule has 3 aliphatic heterocycles. The summed E-state index contributed by atoms with van der Waals surface area (Å²) in [5.74, 6) is 1.76. The van der Waals surface area contributed by atoms with Gasteiger partial charge in [-0.25, -0.2) is 0 Å². The fourth-order valence-electron chi connectivity index (χ4n) is 4.49. The van der Waals surface area contributed by atoms with Gasteiger partial charge in [0.2, 0.25) is 12.7 Å². The van der Waals surface area contributed by atoms with Gasteiger partial charge in [0.05, 0.1) is 18.0 Å². The van der Waals surface area contributed by atoms with Crippen LogP contribution in [0.25, 0.3) is 0 Å². The molecule has 8 heteroatoms. The highest BCUT2D eigenvalue weighted by atomic mass is 16.7. The summed E-state index contributed by atoms with van der Waals surface area (Å²) in [4.78, 5) is 29.2. The van der Waals surface area contributed by atoms with Crippen LogP contribution in [0.1, 0.15) is 35.9 Å². The Morgan fingerprint density at radius 3 is 2.76 bits per heavy atom. The Hall–Kier alpha value is -3.00. The van der Waals surface area contributed by atoms with Crippen LogP contribution in [0, 0.1) is 0 Å². The molecule has 5 rings (SSSR count). The summed E-state index contributed by atoms with van der Waals surface area (Å²) in [6.45, 7) is 3.72. The molecule has 0 radical (unpaired) electrons. The van der Waals surface area contributed by atoms with Crippen LogP contribution in [-0.2, 0) is 11.3 Å². The van der Waals surface area contributed by atoms with E-state index in [1.54, 1.807) is 17.0 Å². The van der Waals surface area contributed by atoms with E-state index < -0.39 is 5.66 Å². The lowest BCUT2D eigenvalue weighted by Gasteiger charge is -2.44. The summed E-state index contributed by atoms with van der Waals surface area (Å²) in [5, 5.41) is 3.49. The van der Waals surface area contributed by atoms with Crippen LogP contribution in [0.4, 0.5) is 0 Å². The number of nitrogens with one attached hydrogen (secondary N) is 1. The smallest absolute Gasteiger partial charge is 0.289 e. The van der Waals surface area contributed by atoms with E-state index in [1.807, 2.05) is 30.0 Å². The number of fused-ring (bicyclic) bond motifs is 1. The van der Waals surface area contributed by atoms with E-state index in [9.17, 15) is 9.59 Å². The van der Waals surface area contributed by atoms with Crippen molar-refractivity contribution in [3.63, 3.8) is 0 Å². The molecule has 8 nitrogen and oxygen atoms in total. The summed E-state index contributed by atoms with van der Waals surface area (Å²) in [6, 6.07) is 8.92. The van der Waals surface area contributed by atoms with Gasteiger partial charge in [0.1, 0.15) is 0 Å². The predicted octanol–water partition coefficient (Wildman–Crippen LogP) is 1.96. The Morgan fingerprint density at radius 2 is 2.00 bits per heavy atom. The van der Waals surface area contributed by atoms with Crippen molar-refractivity contribution in [3.8, 4) is 11.5 Å². The molecule has 2 fully saturated rings. The van der Waals surface area contributed by atoms with Crippen molar-refractivity contribution < 1.29 is 23.5 Å². The summed E-state index contributed by atoms with van der Waals surface area (Å²) in [6.07, 6.45) is 2.84. The molecule has 0 aliphatic carbocycles. The van der Waals surface area contributed by atoms with Crippen molar-refractivity contribution in [2.75, 3.05) is 19.9 Å². The maximum Gasteiger partial charge on any atom is 0.289 e. The Kier molecular flexibility index (Phi) is 4.24. The van der Waals surface area contributed by atoms with E-state index in [2.05, 4.69) is 5.32 Å². The van der Waals surface area contributed by atoms with Gasteiger partial charge >= 0.3 is 0 Å². The zero-order valence-electron chi connectivity index (χ0n) is 16.2. The van der Waals surface area contributed by atoms with Crippen LogP contribution in [0.5, 0.6) is 11.5 Å². The number of benzene rings is 1. The molecule has 1 atom stereocenters. The molecule has 1 N–H and O–H groups in total. The lowest BCUT2D eigenvalue weighted by atomic mass is 9.95. The van der Waals surface area contributed by atoms with Gasteiger partial charge in [0.25, 0.3) is 5.91 Å². The van der Waals surface area contributed by atoms with E-state index in [0.29, 0.717) is 44.0 Å². The summed E-state index contributed by atoms with van der Waals surface area (Å²) in [5.41, 5.74) is 0.541. The lowest BCUT2D eigenvalue weighted by molar-refractivity contribution is -0.133. The molecule has 1 aromatic carbocycles. The highest BCUT2D eigenvalue weighted by Gasteiger charge is 2.50. The highest BCUT2D eigenvalue weighted by Crippen LogP contribution is 2.37. The third kappa shape index (κ3) is 3.04. The number of furan rings is 1. The molecule has 1 spiro atoms. The van der Waals surface area contributed by atoms with Crippen LogP contribution in [0.2, 0.25) is 0 Å². The number of ether oxygens (including phenoxy) is 2. The fourth-order valence-corrected chi connectivity index (χ4v) is 4.49. The number of likely N-dealkylation sites (tertiary alicyclic amines) is 1. The number of rotatable bonds is 3. The molecule has 2 saturated heterocycles. The second-order valence-electron chi connectivity index (χ2n) is 7.78. The molecular formula is C21H23N3O5. The monoisotopic (exact) mass is 397 g/mol. The van der Waals surface area contributed by atoms with Crippen molar-refractivity contribution >= 4 is 11.8 Å². The molecule has 1 aromatic heterocycles. The Morgan fingerprint density at radius 1 is 1.21 bits per heavy atom. The first-order valence-electron chi connectivity index (χ1n) is 9.86.